The quantitative estimate of drug-likeness (QED) is 0.357. The van der Waals surface area contributed by atoms with E-state index in [0.717, 1.165) is 0 Å². The van der Waals surface area contributed by atoms with Gasteiger partial charge in [-0.05, 0) is 24.3 Å². The number of hydrogen-bond donors (Lipinski definition) is 4. The molecule has 1 fully saturated rings. The highest BCUT2D eigenvalue weighted by Gasteiger charge is 2.45. The molecule has 1 aliphatic heterocycles. The highest BCUT2D eigenvalue weighted by atomic mass is 35.5. The number of phosphoric ester groups is 1. The SMILES string of the molecule is CC(=O)c1ncn([C@@H]2O[C@H](COP(=O)(O)Oc3ccc(Cl)cc3)[C@@H](O)[C@H]2O)c1N. The first-order valence-electron chi connectivity index (χ1n) is 8.36. The molecule has 13 heteroatoms. The van der Waals surface area contributed by atoms with Crippen molar-refractivity contribution in [2.75, 3.05) is 12.3 Å². The zero-order chi connectivity index (χ0) is 21.3. The Bertz CT molecular complexity index is 937. The van der Waals surface area contributed by atoms with Crippen molar-refractivity contribution < 1.29 is 38.3 Å². The Hall–Kier alpha value is -1.98. The minimum atomic E-state index is -4.54. The molecule has 0 saturated carbocycles. The predicted molar refractivity (Wildman–Crippen MR) is 100 cm³/mol. The third-order valence-corrected chi connectivity index (χ3v) is 5.38. The maximum atomic E-state index is 12.1. The van der Waals surface area contributed by atoms with Gasteiger partial charge in [-0.2, -0.15) is 0 Å². The van der Waals surface area contributed by atoms with Gasteiger partial charge in [-0.3, -0.25) is 18.8 Å². The zero-order valence-electron chi connectivity index (χ0n) is 15.1. The van der Waals surface area contributed by atoms with E-state index in [1.807, 2.05) is 0 Å². The maximum absolute atomic E-state index is 12.1. The number of imidazole rings is 1. The van der Waals surface area contributed by atoms with Gasteiger partial charge >= 0.3 is 7.82 Å². The summed E-state index contributed by atoms with van der Waals surface area (Å²) in [5.41, 5.74) is 5.83. The van der Waals surface area contributed by atoms with Gasteiger partial charge in [0.15, 0.2) is 12.0 Å². The zero-order valence-corrected chi connectivity index (χ0v) is 16.7. The topological polar surface area (TPSA) is 166 Å². The van der Waals surface area contributed by atoms with Gasteiger partial charge in [0.1, 0.15) is 35.6 Å². The molecule has 0 spiro atoms. The number of nitrogens with zero attached hydrogens (tertiary/aromatic N) is 2. The lowest BCUT2D eigenvalue weighted by atomic mass is 10.1. The summed E-state index contributed by atoms with van der Waals surface area (Å²) in [6, 6.07) is 5.69. The van der Waals surface area contributed by atoms with Crippen molar-refractivity contribution in [3.8, 4) is 5.75 Å². The van der Waals surface area contributed by atoms with Gasteiger partial charge in [0.25, 0.3) is 0 Å². The first kappa shape index (κ1) is 21.7. The van der Waals surface area contributed by atoms with Crippen LogP contribution in [0.4, 0.5) is 5.82 Å². The minimum absolute atomic E-state index is 0.00814. The van der Waals surface area contributed by atoms with Crippen LogP contribution in [0.3, 0.4) is 0 Å². The van der Waals surface area contributed by atoms with Gasteiger partial charge in [-0.1, -0.05) is 11.6 Å². The van der Waals surface area contributed by atoms with Crippen LogP contribution in [-0.4, -0.2) is 55.4 Å². The monoisotopic (exact) mass is 447 g/mol. The number of ether oxygens (including phenoxy) is 1. The lowest BCUT2D eigenvalue weighted by Gasteiger charge is -2.18. The van der Waals surface area contributed by atoms with E-state index in [-0.39, 0.29) is 23.0 Å². The number of carbonyl (C=O) groups excluding carboxylic acids is 1. The van der Waals surface area contributed by atoms with E-state index in [2.05, 4.69) is 4.98 Å². The van der Waals surface area contributed by atoms with Crippen LogP contribution in [-0.2, 0) is 13.8 Å². The van der Waals surface area contributed by atoms with Crippen LogP contribution in [0.1, 0.15) is 23.6 Å². The van der Waals surface area contributed by atoms with Crippen LogP contribution >= 0.6 is 19.4 Å². The number of nitrogens with two attached hydrogens (primary N) is 1. The molecule has 2 aromatic rings. The second-order valence-corrected chi connectivity index (χ2v) is 8.11. The van der Waals surface area contributed by atoms with E-state index in [9.17, 15) is 24.5 Å². The molecule has 158 valence electrons. The van der Waals surface area contributed by atoms with Gasteiger partial charge in [-0.15, -0.1) is 0 Å². The van der Waals surface area contributed by atoms with Gasteiger partial charge in [-0.25, -0.2) is 9.55 Å². The highest BCUT2D eigenvalue weighted by molar-refractivity contribution is 7.47. The first-order chi connectivity index (χ1) is 13.6. The number of ketones is 1. The Morgan fingerprint density at radius 1 is 1.34 bits per heavy atom. The van der Waals surface area contributed by atoms with E-state index in [0.29, 0.717) is 5.02 Å². The van der Waals surface area contributed by atoms with E-state index in [1.54, 1.807) is 0 Å². The average molecular weight is 448 g/mol. The van der Waals surface area contributed by atoms with Gasteiger partial charge < -0.3 is 25.2 Å². The summed E-state index contributed by atoms with van der Waals surface area (Å²) < 4.78 is 28.6. The Morgan fingerprint density at radius 2 is 2.00 bits per heavy atom. The third-order valence-electron chi connectivity index (χ3n) is 4.21. The predicted octanol–water partition coefficient (Wildman–Crippen LogP) is 1.14. The summed E-state index contributed by atoms with van der Waals surface area (Å²) in [6.45, 7) is 0.712. The number of aliphatic hydroxyl groups excluding tert-OH is 2. The number of hydrogen-bond acceptors (Lipinski definition) is 9. The Kier molecular flexibility index (Phi) is 6.30. The standard InChI is InChI=1S/C16H19ClN3O8P/c1-8(21)12-15(18)20(7-19-12)16-14(23)13(22)11(27-16)6-26-29(24,25)28-10-4-2-9(17)3-5-10/h2-5,7,11,13-14,16,22-23H,6,18H2,1H3,(H,24,25)/t11-,13-,14-,16-/m1/s1. The number of phosphoric acid groups is 1. The summed E-state index contributed by atoms with van der Waals surface area (Å²) in [5, 5.41) is 20.9. The van der Waals surface area contributed by atoms with Crippen LogP contribution in [0.25, 0.3) is 0 Å². The molecular formula is C16H19ClN3O8P. The lowest BCUT2D eigenvalue weighted by molar-refractivity contribution is -0.0508. The molecule has 1 aromatic carbocycles. The second kappa shape index (κ2) is 8.41. The van der Waals surface area contributed by atoms with E-state index >= 15 is 0 Å². The Balaban J connectivity index is 1.65. The van der Waals surface area contributed by atoms with Crippen molar-refractivity contribution >= 4 is 31.0 Å². The Labute approximate surface area is 170 Å². The lowest BCUT2D eigenvalue weighted by Crippen LogP contribution is -2.33. The van der Waals surface area contributed by atoms with E-state index in [1.165, 1.54) is 42.1 Å². The molecular weight excluding hydrogens is 429 g/mol. The number of carbonyl (C=O) groups is 1. The van der Waals surface area contributed by atoms with Gasteiger partial charge in [0.2, 0.25) is 0 Å². The van der Waals surface area contributed by atoms with Crippen molar-refractivity contribution in [1.82, 2.24) is 9.55 Å². The summed E-state index contributed by atoms with van der Waals surface area (Å²) in [5.74, 6) is -0.377. The van der Waals surface area contributed by atoms with E-state index in [4.69, 9.17) is 31.1 Å². The summed E-state index contributed by atoms with van der Waals surface area (Å²) in [4.78, 5) is 25.2. The Morgan fingerprint density at radius 3 is 2.59 bits per heavy atom. The molecule has 1 aliphatic rings. The van der Waals surface area contributed by atoms with Crippen molar-refractivity contribution in [2.45, 2.75) is 31.5 Å². The normalized spacial score (nSPS) is 26.2. The van der Waals surface area contributed by atoms with Gasteiger partial charge in [0.05, 0.1) is 12.9 Å². The molecule has 0 aliphatic carbocycles. The second-order valence-electron chi connectivity index (χ2n) is 6.30. The number of aromatic nitrogens is 2. The molecule has 5 atom stereocenters. The summed E-state index contributed by atoms with van der Waals surface area (Å²) in [7, 11) is -4.54. The summed E-state index contributed by atoms with van der Waals surface area (Å²) in [6.07, 6.45) is -4.06. The molecule has 1 unspecified atom stereocenters. The smallest absolute Gasteiger partial charge is 0.404 e. The average Bonchev–Trinajstić information content (AvgIpc) is 3.16. The van der Waals surface area contributed by atoms with Crippen molar-refractivity contribution in [2.24, 2.45) is 0 Å². The summed E-state index contributed by atoms with van der Waals surface area (Å²) >= 11 is 5.73. The largest absolute Gasteiger partial charge is 0.527 e. The number of anilines is 1. The molecule has 0 amide bonds. The fourth-order valence-corrected chi connectivity index (χ4v) is 3.67. The molecule has 3 rings (SSSR count). The first-order valence-corrected chi connectivity index (χ1v) is 10.2. The molecule has 2 heterocycles. The van der Waals surface area contributed by atoms with Crippen LogP contribution in [0, 0.1) is 0 Å². The minimum Gasteiger partial charge on any atom is -0.404 e. The fourth-order valence-electron chi connectivity index (χ4n) is 2.76. The number of rotatable bonds is 7. The number of Topliss-reactive ketones (excluding diaryl/α,β-unsaturated/α-hetero) is 1. The van der Waals surface area contributed by atoms with Crippen LogP contribution in [0.5, 0.6) is 5.75 Å². The molecule has 0 radical (unpaired) electrons. The third kappa shape index (κ3) is 4.78. The van der Waals surface area contributed by atoms with Crippen molar-refractivity contribution in [3.63, 3.8) is 0 Å². The highest BCUT2D eigenvalue weighted by Crippen LogP contribution is 2.45. The number of nitrogen functional groups attached to an aromatic ring is 1. The number of benzene rings is 1. The molecule has 1 saturated heterocycles. The molecule has 1 aromatic heterocycles. The van der Waals surface area contributed by atoms with Crippen LogP contribution in [0.2, 0.25) is 5.02 Å². The van der Waals surface area contributed by atoms with Crippen molar-refractivity contribution in [3.05, 3.63) is 41.3 Å². The van der Waals surface area contributed by atoms with Gasteiger partial charge in [0, 0.05) is 11.9 Å². The molecule has 29 heavy (non-hydrogen) atoms. The maximum Gasteiger partial charge on any atom is 0.527 e. The van der Waals surface area contributed by atoms with Crippen molar-refractivity contribution in [1.29, 1.82) is 0 Å². The molecule has 11 nitrogen and oxygen atoms in total. The number of halogens is 1. The fraction of sp³-hybridized carbons (Fsp3) is 0.375. The van der Waals surface area contributed by atoms with Crippen LogP contribution in [0.15, 0.2) is 30.6 Å². The molecule has 5 N–H and O–H groups in total. The van der Waals surface area contributed by atoms with E-state index < -0.39 is 39.0 Å². The number of aliphatic hydroxyl groups is 2. The molecule has 0 bridgehead atoms. The van der Waals surface area contributed by atoms with Crippen LogP contribution < -0.4 is 10.3 Å².